The third kappa shape index (κ3) is 5.21. The summed E-state index contributed by atoms with van der Waals surface area (Å²) in [5, 5.41) is 0.880. The predicted octanol–water partition coefficient (Wildman–Crippen LogP) is 5.60. The zero-order valence-corrected chi connectivity index (χ0v) is 20.7. The van der Waals surface area contributed by atoms with E-state index in [0.717, 1.165) is 39.4 Å². The van der Waals surface area contributed by atoms with Crippen LogP contribution in [0, 0.1) is 5.82 Å². The van der Waals surface area contributed by atoms with Crippen molar-refractivity contribution in [3.63, 3.8) is 0 Å². The van der Waals surface area contributed by atoms with Crippen molar-refractivity contribution >= 4 is 27.5 Å². The summed E-state index contributed by atoms with van der Waals surface area (Å²) in [7, 11) is 0. The number of piperazine rings is 1. The van der Waals surface area contributed by atoms with Gasteiger partial charge in [0.2, 0.25) is 0 Å². The molecule has 1 saturated heterocycles. The Morgan fingerprint density at radius 1 is 1.00 bits per heavy atom. The second-order valence-electron chi connectivity index (χ2n) is 9.07. The highest BCUT2D eigenvalue weighted by Gasteiger charge is 2.32. The molecule has 1 fully saturated rings. The standard InChI is InChI=1S/C28H28FN3O2S/c1-19-16-32(20(2)15-31(19)17-21-11-13-22(29)14-12-21)27(33)18-34-25-9-5-3-7-23(25)28-30-24-8-4-6-10-26(24)35-28/h3-14,19-20H,15-18H2,1-2H3/t19-,20+/m0/s1. The highest BCUT2D eigenvalue weighted by molar-refractivity contribution is 7.21. The number of amides is 1. The maximum absolute atomic E-state index is 13.2. The van der Waals surface area contributed by atoms with Crippen LogP contribution in [0.2, 0.25) is 0 Å². The largest absolute Gasteiger partial charge is 0.483 e. The van der Waals surface area contributed by atoms with Crippen molar-refractivity contribution in [1.29, 1.82) is 0 Å². The molecule has 5 rings (SSSR count). The van der Waals surface area contributed by atoms with Crippen LogP contribution in [0.1, 0.15) is 19.4 Å². The van der Waals surface area contributed by atoms with E-state index in [-0.39, 0.29) is 30.4 Å². The Kier molecular flexibility index (Phi) is 6.79. The summed E-state index contributed by atoms with van der Waals surface area (Å²) < 4.78 is 20.4. The first kappa shape index (κ1) is 23.5. The molecule has 7 heteroatoms. The fourth-order valence-electron chi connectivity index (χ4n) is 4.57. The summed E-state index contributed by atoms with van der Waals surface area (Å²) in [6.45, 7) is 6.29. The van der Waals surface area contributed by atoms with Gasteiger partial charge in [-0.05, 0) is 55.8 Å². The van der Waals surface area contributed by atoms with Crippen LogP contribution in [-0.4, -0.2) is 52.5 Å². The van der Waals surface area contributed by atoms with Crippen molar-refractivity contribution in [2.45, 2.75) is 32.5 Å². The Labute approximate surface area is 208 Å². The highest BCUT2D eigenvalue weighted by atomic mass is 32.1. The van der Waals surface area contributed by atoms with E-state index in [1.54, 1.807) is 11.3 Å². The van der Waals surface area contributed by atoms with Crippen LogP contribution in [0.4, 0.5) is 4.39 Å². The lowest BCUT2D eigenvalue weighted by Crippen LogP contribution is -2.58. The monoisotopic (exact) mass is 489 g/mol. The Morgan fingerprint density at radius 2 is 1.74 bits per heavy atom. The van der Waals surface area contributed by atoms with E-state index >= 15 is 0 Å². The van der Waals surface area contributed by atoms with E-state index in [2.05, 4.69) is 24.8 Å². The number of thiazole rings is 1. The Hall–Kier alpha value is -3.29. The van der Waals surface area contributed by atoms with Gasteiger partial charge in [-0.3, -0.25) is 9.69 Å². The first-order valence-corrected chi connectivity index (χ1v) is 12.7. The molecule has 0 N–H and O–H groups in total. The minimum Gasteiger partial charge on any atom is -0.483 e. The number of hydrogen-bond donors (Lipinski definition) is 0. The number of carbonyl (C=O) groups excluding carboxylic acids is 1. The van der Waals surface area contributed by atoms with Gasteiger partial charge in [-0.2, -0.15) is 0 Å². The van der Waals surface area contributed by atoms with E-state index in [0.29, 0.717) is 12.3 Å². The van der Waals surface area contributed by atoms with Gasteiger partial charge in [-0.1, -0.05) is 36.4 Å². The molecule has 5 nitrogen and oxygen atoms in total. The normalized spacial score (nSPS) is 18.7. The van der Waals surface area contributed by atoms with Crippen molar-refractivity contribution in [1.82, 2.24) is 14.8 Å². The number of hydrogen-bond acceptors (Lipinski definition) is 5. The molecule has 1 amide bonds. The van der Waals surface area contributed by atoms with Crippen LogP contribution in [0.5, 0.6) is 5.75 Å². The van der Waals surface area contributed by atoms with Gasteiger partial charge in [0.1, 0.15) is 16.6 Å². The zero-order chi connectivity index (χ0) is 24.4. The zero-order valence-electron chi connectivity index (χ0n) is 19.9. The van der Waals surface area contributed by atoms with E-state index < -0.39 is 0 Å². The van der Waals surface area contributed by atoms with Crippen LogP contribution in [-0.2, 0) is 11.3 Å². The number of ether oxygens (including phenoxy) is 1. The molecule has 3 aromatic carbocycles. The molecule has 0 bridgehead atoms. The summed E-state index contributed by atoms with van der Waals surface area (Å²) in [4.78, 5) is 22.1. The second-order valence-corrected chi connectivity index (χ2v) is 10.1. The highest BCUT2D eigenvalue weighted by Crippen LogP contribution is 2.35. The average Bonchev–Trinajstić information content (AvgIpc) is 3.30. The van der Waals surface area contributed by atoms with Gasteiger partial charge >= 0.3 is 0 Å². The summed E-state index contributed by atoms with van der Waals surface area (Å²) in [6, 6.07) is 22.7. The summed E-state index contributed by atoms with van der Waals surface area (Å²) in [6.07, 6.45) is 0. The third-order valence-electron chi connectivity index (χ3n) is 6.50. The number of benzene rings is 3. The van der Waals surface area contributed by atoms with E-state index in [9.17, 15) is 9.18 Å². The number of rotatable bonds is 6. The average molecular weight is 490 g/mol. The molecule has 1 aliphatic heterocycles. The summed E-state index contributed by atoms with van der Waals surface area (Å²) in [5.41, 5.74) is 2.92. The number of fused-ring (bicyclic) bond motifs is 1. The quantitative estimate of drug-likeness (QED) is 0.354. The van der Waals surface area contributed by atoms with Gasteiger partial charge in [0.25, 0.3) is 5.91 Å². The molecule has 0 aliphatic carbocycles. The maximum Gasteiger partial charge on any atom is 0.260 e. The molecule has 2 atom stereocenters. The molecule has 0 saturated carbocycles. The molecule has 4 aromatic rings. The van der Waals surface area contributed by atoms with E-state index in [4.69, 9.17) is 9.72 Å². The molecule has 1 aliphatic rings. The minimum atomic E-state index is -0.227. The molecule has 0 radical (unpaired) electrons. The van der Waals surface area contributed by atoms with Crippen LogP contribution in [0.25, 0.3) is 20.8 Å². The maximum atomic E-state index is 13.2. The van der Waals surface area contributed by atoms with Gasteiger partial charge in [0.05, 0.1) is 15.8 Å². The van der Waals surface area contributed by atoms with Gasteiger partial charge < -0.3 is 9.64 Å². The third-order valence-corrected chi connectivity index (χ3v) is 7.57. The molecule has 0 unspecified atom stereocenters. The molecule has 35 heavy (non-hydrogen) atoms. The van der Waals surface area contributed by atoms with Crippen LogP contribution in [0.3, 0.4) is 0 Å². The summed E-state index contributed by atoms with van der Waals surface area (Å²) >= 11 is 1.62. The SMILES string of the molecule is C[C@@H]1CN(Cc2ccc(F)cc2)[C@@H](C)CN1C(=O)COc1ccccc1-c1nc2ccccc2s1. The van der Waals surface area contributed by atoms with Gasteiger partial charge in [-0.15, -0.1) is 11.3 Å². The Morgan fingerprint density at radius 3 is 2.54 bits per heavy atom. The molecule has 1 aromatic heterocycles. The van der Waals surface area contributed by atoms with Crippen molar-refractivity contribution in [3.05, 3.63) is 84.2 Å². The number of aromatic nitrogens is 1. The van der Waals surface area contributed by atoms with E-state index in [1.165, 1.54) is 12.1 Å². The van der Waals surface area contributed by atoms with Crippen LogP contribution >= 0.6 is 11.3 Å². The van der Waals surface area contributed by atoms with Gasteiger partial charge in [0, 0.05) is 31.7 Å². The molecular weight excluding hydrogens is 461 g/mol. The lowest BCUT2D eigenvalue weighted by Gasteiger charge is -2.44. The van der Waals surface area contributed by atoms with Crippen LogP contribution in [0.15, 0.2) is 72.8 Å². The molecule has 180 valence electrons. The van der Waals surface area contributed by atoms with E-state index in [1.807, 2.05) is 59.5 Å². The second kappa shape index (κ2) is 10.1. The Balaban J connectivity index is 1.23. The van der Waals surface area contributed by atoms with Crippen molar-refractivity contribution < 1.29 is 13.9 Å². The topological polar surface area (TPSA) is 45.7 Å². The van der Waals surface area contributed by atoms with Crippen molar-refractivity contribution in [3.8, 4) is 16.3 Å². The van der Waals surface area contributed by atoms with Gasteiger partial charge in [-0.25, -0.2) is 9.37 Å². The first-order valence-electron chi connectivity index (χ1n) is 11.8. The minimum absolute atomic E-state index is 0.0169. The number of halogens is 1. The van der Waals surface area contributed by atoms with Crippen LogP contribution < -0.4 is 4.74 Å². The number of para-hydroxylation sites is 2. The summed E-state index contributed by atoms with van der Waals surface area (Å²) in [5.74, 6) is 0.413. The number of nitrogens with zero attached hydrogens (tertiary/aromatic N) is 3. The smallest absolute Gasteiger partial charge is 0.260 e. The Bertz CT molecular complexity index is 1290. The molecule has 0 spiro atoms. The van der Waals surface area contributed by atoms with Gasteiger partial charge in [0.15, 0.2) is 6.61 Å². The first-order chi connectivity index (χ1) is 17.0. The fourth-order valence-corrected chi connectivity index (χ4v) is 5.57. The molecular formula is C28H28FN3O2S. The molecule has 2 heterocycles. The predicted molar refractivity (Wildman–Crippen MR) is 138 cm³/mol. The lowest BCUT2D eigenvalue weighted by molar-refractivity contribution is -0.139. The number of carbonyl (C=O) groups is 1. The lowest BCUT2D eigenvalue weighted by atomic mass is 10.1. The van der Waals surface area contributed by atoms with Crippen molar-refractivity contribution in [2.24, 2.45) is 0 Å². The van der Waals surface area contributed by atoms with Crippen molar-refractivity contribution in [2.75, 3.05) is 19.7 Å². The fraction of sp³-hybridized carbons (Fsp3) is 0.286.